The van der Waals surface area contributed by atoms with Crippen LogP contribution in [0.3, 0.4) is 0 Å². The van der Waals surface area contributed by atoms with E-state index in [4.69, 9.17) is 4.74 Å². The van der Waals surface area contributed by atoms with Gasteiger partial charge in [-0.1, -0.05) is 0 Å². The third-order valence-electron chi connectivity index (χ3n) is 2.35. The number of hydrogen-bond donors (Lipinski definition) is 2. The SMILES string of the molecule is O=C(NC1CNC1)C1CCCO1. The van der Waals surface area contributed by atoms with Crippen LogP contribution in [0.15, 0.2) is 0 Å². The van der Waals surface area contributed by atoms with Gasteiger partial charge in [-0.2, -0.15) is 0 Å². The minimum atomic E-state index is -0.175. The molecule has 0 bridgehead atoms. The minimum absolute atomic E-state index is 0.0685. The van der Waals surface area contributed by atoms with Crippen molar-refractivity contribution in [1.82, 2.24) is 10.6 Å². The molecule has 1 atom stereocenters. The standard InChI is InChI=1S/C8H14N2O2/c11-8(7-2-1-3-12-7)10-6-4-9-5-6/h6-7,9H,1-5H2,(H,10,11). The highest BCUT2D eigenvalue weighted by molar-refractivity contribution is 5.81. The number of rotatable bonds is 2. The van der Waals surface area contributed by atoms with Crippen molar-refractivity contribution in [1.29, 1.82) is 0 Å². The molecule has 1 unspecified atom stereocenters. The van der Waals surface area contributed by atoms with Crippen LogP contribution < -0.4 is 10.6 Å². The molecule has 0 radical (unpaired) electrons. The first-order chi connectivity index (χ1) is 5.86. The molecule has 2 rings (SSSR count). The van der Waals surface area contributed by atoms with Crippen molar-refractivity contribution in [3.8, 4) is 0 Å². The minimum Gasteiger partial charge on any atom is -0.368 e. The maximum atomic E-state index is 11.4. The van der Waals surface area contributed by atoms with Crippen molar-refractivity contribution in [2.45, 2.75) is 25.0 Å². The first kappa shape index (κ1) is 8.01. The van der Waals surface area contributed by atoms with Crippen molar-refractivity contribution < 1.29 is 9.53 Å². The Balaban J connectivity index is 1.74. The van der Waals surface area contributed by atoms with Gasteiger partial charge in [-0.3, -0.25) is 4.79 Å². The Morgan fingerprint density at radius 1 is 1.50 bits per heavy atom. The van der Waals surface area contributed by atoms with E-state index in [1.807, 2.05) is 0 Å². The van der Waals surface area contributed by atoms with Gasteiger partial charge in [0.25, 0.3) is 0 Å². The Morgan fingerprint density at radius 3 is 2.83 bits per heavy atom. The van der Waals surface area contributed by atoms with Crippen LogP contribution in [0.2, 0.25) is 0 Å². The van der Waals surface area contributed by atoms with Crippen LogP contribution in [0.5, 0.6) is 0 Å². The summed E-state index contributed by atoms with van der Waals surface area (Å²) in [6.45, 7) is 2.54. The summed E-state index contributed by atoms with van der Waals surface area (Å²) in [5, 5.41) is 6.03. The van der Waals surface area contributed by atoms with Gasteiger partial charge in [-0.25, -0.2) is 0 Å². The van der Waals surface area contributed by atoms with E-state index >= 15 is 0 Å². The Kier molecular flexibility index (Phi) is 2.28. The molecule has 0 aromatic heterocycles. The Hall–Kier alpha value is -0.610. The van der Waals surface area contributed by atoms with E-state index in [2.05, 4.69) is 10.6 Å². The van der Waals surface area contributed by atoms with Gasteiger partial charge in [0.15, 0.2) is 0 Å². The molecular weight excluding hydrogens is 156 g/mol. The van der Waals surface area contributed by atoms with Gasteiger partial charge in [0, 0.05) is 19.7 Å². The van der Waals surface area contributed by atoms with E-state index in [0.29, 0.717) is 6.04 Å². The highest BCUT2D eigenvalue weighted by Gasteiger charge is 2.27. The number of amides is 1. The molecule has 0 saturated carbocycles. The van der Waals surface area contributed by atoms with E-state index < -0.39 is 0 Å². The molecule has 1 amide bonds. The molecule has 4 nitrogen and oxygen atoms in total. The molecule has 12 heavy (non-hydrogen) atoms. The molecule has 2 heterocycles. The lowest BCUT2D eigenvalue weighted by Gasteiger charge is -2.28. The van der Waals surface area contributed by atoms with Crippen LogP contribution in [0.25, 0.3) is 0 Å². The smallest absolute Gasteiger partial charge is 0.249 e. The van der Waals surface area contributed by atoms with E-state index in [9.17, 15) is 4.79 Å². The fourth-order valence-electron chi connectivity index (χ4n) is 1.47. The highest BCUT2D eigenvalue weighted by Crippen LogP contribution is 2.12. The molecule has 0 spiro atoms. The van der Waals surface area contributed by atoms with Gasteiger partial charge >= 0.3 is 0 Å². The van der Waals surface area contributed by atoms with Crippen LogP contribution in [-0.2, 0) is 9.53 Å². The topological polar surface area (TPSA) is 50.4 Å². The summed E-state index contributed by atoms with van der Waals surface area (Å²) in [5.41, 5.74) is 0. The van der Waals surface area contributed by atoms with Gasteiger partial charge < -0.3 is 15.4 Å². The molecular formula is C8H14N2O2. The number of carbonyl (C=O) groups is 1. The molecule has 2 saturated heterocycles. The maximum absolute atomic E-state index is 11.4. The summed E-state index contributed by atoms with van der Waals surface area (Å²) in [5.74, 6) is 0.0685. The quantitative estimate of drug-likeness (QED) is 0.573. The lowest BCUT2D eigenvalue weighted by atomic mass is 10.1. The summed E-state index contributed by atoms with van der Waals surface area (Å²) >= 11 is 0. The van der Waals surface area contributed by atoms with Crippen molar-refractivity contribution in [2.75, 3.05) is 19.7 Å². The second kappa shape index (κ2) is 3.41. The third kappa shape index (κ3) is 1.59. The molecule has 2 aliphatic rings. The molecule has 2 aliphatic heterocycles. The summed E-state index contributed by atoms with van der Waals surface area (Å²) < 4.78 is 5.25. The van der Waals surface area contributed by atoms with Gasteiger partial charge in [0.2, 0.25) is 5.91 Å². The van der Waals surface area contributed by atoms with Crippen molar-refractivity contribution in [3.05, 3.63) is 0 Å². The first-order valence-electron chi connectivity index (χ1n) is 4.49. The lowest BCUT2D eigenvalue weighted by molar-refractivity contribution is -0.131. The van der Waals surface area contributed by atoms with E-state index in [1.165, 1.54) is 0 Å². The van der Waals surface area contributed by atoms with E-state index in [0.717, 1.165) is 32.5 Å². The summed E-state index contributed by atoms with van der Waals surface area (Å²) in [7, 11) is 0. The number of ether oxygens (including phenoxy) is 1. The molecule has 0 aromatic carbocycles. The average molecular weight is 170 g/mol. The Morgan fingerprint density at radius 2 is 2.33 bits per heavy atom. The van der Waals surface area contributed by atoms with Crippen LogP contribution in [0.4, 0.5) is 0 Å². The number of nitrogens with one attached hydrogen (secondary N) is 2. The average Bonchev–Trinajstić information content (AvgIpc) is 2.47. The summed E-state index contributed by atoms with van der Waals surface area (Å²) in [4.78, 5) is 11.4. The zero-order valence-corrected chi connectivity index (χ0v) is 7.01. The molecule has 0 aromatic rings. The molecule has 0 aliphatic carbocycles. The van der Waals surface area contributed by atoms with Crippen LogP contribution in [0, 0.1) is 0 Å². The van der Waals surface area contributed by atoms with Gasteiger partial charge in [0.05, 0.1) is 6.04 Å². The Labute approximate surface area is 71.7 Å². The zero-order chi connectivity index (χ0) is 8.39. The fourth-order valence-corrected chi connectivity index (χ4v) is 1.47. The van der Waals surface area contributed by atoms with E-state index in [-0.39, 0.29) is 12.0 Å². The lowest BCUT2D eigenvalue weighted by Crippen LogP contribution is -2.58. The predicted octanol–water partition coefficient (Wildman–Crippen LogP) is -0.747. The van der Waals surface area contributed by atoms with Gasteiger partial charge in [-0.05, 0) is 12.8 Å². The van der Waals surface area contributed by atoms with Crippen molar-refractivity contribution in [2.24, 2.45) is 0 Å². The van der Waals surface area contributed by atoms with Crippen LogP contribution in [0.1, 0.15) is 12.8 Å². The second-order valence-corrected chi connectivity index (χ2v) is 3.37. The van der Waals surface area contributed by atoms with E-state index in [1.54, 1.807) is 0 Å². The summed E-state index contributed by atoms with van der Waals surface area (Å²) in [6.07, 6.45) is 1.72. The molecule has 68 valence electrons. The largest absolute Gasteiger partial charge is 0.368 e. The maximum Gasteiger partial charge on any atom is 0.249 e. The first-order valence-corrected chi connectivity index (χ1v) is 4.49. The predicted molar refractivity (Wildman–Crippen MR) is 43.8 cm³/mol. The third-order valence-corrected chi connectivity index (χ3v) is 2.35. The fraction of sp³-hybridized carbons (Fsp3) is 0.875. The Bertz CT molecular complexity index is 174. The number of hydrogen-bond acceptors (Lipinski definition) is 3. The van der Waals surface area contributed by atoms with Crippen molar-refractivity contribution >= 4 is 5.91 Å². The monoisotopic (exact) mass is 170 g/mol. The second-order valence-electron chi connectivity index (χ2n) is 3.37. The highest BCUT2D eigenvalue weighted by atomic mass is 16.5. The van der Waals surface area contributed by atoms with Crippen LogP contribution in [-0.4, -0.2) is 37.7 Å². The normalized spacial score (nSPS) is 29.8. The molecule has 4 heteroatoms. The van der Waals surface area contributed by atoms with Gasteiger partial charge in [0.1, 0.15) is 6.10 Å². The molecule has 2 N–H and O–H groups in total. The summed E-state index contributed by atoms with van der Waals surface area (Å²) in [6, 6.07) is 0.335. The molecule has 2 fully saturated rings. The van der Waals surface area contributed by atoms with Crippen LogP contribution >= 0.6 is 0 Å². The number of carbonyl (C=O) groups excluding carboxylic acids is 1. The van der Waals surface area contributed by atoms with Gasteiger partial charge in [-0.15, -0.1) is 0 Å². The van der Waals surface area contributed by atoms with Crippen molar-refractivity contribution in [3.63, 3.8) is 0 Å². The zero-order valence-electron chi connectivity index (χ0n) is 7.01.